The number of carbonyl (C=O) groups is 1. The zero-order chi connectivity index (χ0) is 20.7. The molecule has 3 aromatic rings. The van der Waals surface area contributed by atoms with Gasteiger partial charge >= 0.3 is 0 Å². The molecule has 3 heterocycles. The summed E-state index contributed by atoms with van der Waals surface area (Å²) in [5, 5.41) is 4.98. The molecule has 0 aliphatic carbocycles. The molecule has 0 saturated carbocycles. The van der Waals surface area contributed by atoms with E-state index in [1.54, 1.807) is 19.2 Å². The standard InChI is InChI=1S/C24H26FN3O2/c1-30-18-5-6-21-20(15-18)19-7-10-26-24(23(19)27-21)8-11-28(12-9-24)22(29)14-16-3-2-4-17(25)13-16/h2-6,13,15,26-27H,7-12,14H2,1H3. The van der Waals surface area contributed by atoms with E-state index in [1.165, 1.54) is 28.8 Å². The van der Waals surface area contributed by atoms with Gasteiger partial charge in [-0.2, -0.15) is 0 Å². The minimum Gasteiger partial charge on any atom is -0.497 e. The van der Waals surface area contributed by atoms with Crippen molar-refractivity contribution in [1.82, 2.24) is 15.2 Å². The summed E-state index contributed by atoms with van der Waals surface area (Å²) in [6.07, 6.45) is 2.94. The molecule has 2 aromatic carbocycles. The molecule has 0 atom stereocenters. The number of amides is 1. The lowest BCUT2D eigenvalue weighted by atomic mass is 9.79. The number of aromatic nitrogens is 1. The number of methoxy groups -OCH3 is 1. The molecule has 156 valence electrons. The average molecular weight is 407 g/mol. The smallest absolute Gasteiger partial charge is 0.226 e. The van der Waals surface area contributed by atoms with Crippen molar-refractivity contribution in [2.24, 2.45) is 0 Å². The molecule has 0 bridgehead atoms. The van der Waals surface area contributed by atoms with Crippen LogP contribution in [0.3, 0.4) is 0 Å². The molecule has 6 heteroatoms. The fourth-order valence-corrected chi connectivity index (χ4v) is 5.04. The minimum atomic E-state index is -0.299. The summed E-state index contributed by atoms with van der Waals surface area (Å²) in [7, 11) is 1.69. The molecule has 0 unspecified atom stereocenters. The lowest BCUT2D eigenvalue weighted by Crippen LogP contribution is -2.55. The largest absolute Gasteiger partial charge is 0.497 e. The Kier molecular flexibility index (Phi) is 4.74. The third-order valence-corrected chi connectivity index (χ3v) is 6.64. The number of nitrogens with one attached hydrogen (secondary N) is 2. The molecule has 1 spiro atoms. The topological polar surface area (TPSA) is 57.4 Å². The molecule has 2 aliphatic rings. The number of H-pyrrole nitrogens is 1. The zero-order valence-electron chi connectivity index (χ0n) is 17.1. The number of carbonyl (C=O) groups excluding carboxylic acids is 1. The highest BCUT2D eigenvalue weighted by Gasteiger charge is 2.42. The third-order valence-electron chi connectivity index (χ3n) is 6.64. The molecule has 1 saturated heterocycles. The summed E-state index contributed by atoms with van der Waals surface area (Å²) >= 11 is 0. The van der Waals surface area contributed by atoms with E-state index in [-0.39, 0.29) is 23.7 Å². The number of nitrogens with zero attached hydrogens (tertiary/aromatic N) is 1. The van der Waals surface area contributed by atoms with Crippen molar-refractivity contribution in [2.75, 3.05) is 26.7 Å². The molecule has 0 radical (unpaired) electrons. The van der Waals surface area contributed by atoms with E-state index < -0.39 is 0 Å². The first-order chi connectivity index (χ1) is 14.6. The number of hydrogen-bond acceptors (Lipinski definition) is 3. The monoisotopic (exact) mass is 407 g/mol. The SMILES string of the molecule is COc1ccc2[nH]c3c(c2c1)CCNC31CCN(C(=O)Cc2cccc(F)c2)CC1. The maximum Gasteiger partial charge on any atom is 0.226 e. The van der Waals surface area contributed by atoms with Crippen molar-refractivity contribution >= 4 is 16.8 Å². The van der Waals surface area contributed by atoms with Gasteiger partial charge in [-0.25, -0.2) is 4.39 Å². The second kappa shape index (κ2) is 7.43. The van der Waals surface area contributed by atoms with Crippen LogP contribution in [0.25, 0.3) is 10.9 Å². The Hall–Kier alpha value is -2.86. The molecule has 2 N–H and O–H groups in total. The van der Waals surface area contributed by atoms with Gasteiger partial charge in [0, 0.05) is 36.2 Å². The van der Waals surface area contributed by atoms with Gasteiger partial charge in [0.15, 0.2) is 0 Å². The quantitative estimate of drug-likeness (QED) is 0.699. The summed E-state index contributed by atoms with van der Waals surface area (Å²) < 4.78 is 18.8. The maximum absolute atomic E-state index is 13.4. The van der Waals surface area contributed by atoms with Gasteiger partial charge in [-0.15, -0.1) is 0 Å². The number of halogens is 1. The van der Waals surface area contributed by atoms with Gasteiger partial charge < -0.3 is 19.9 Å². The number of benzene rings is 2. The van der Waals surface area contributed by atoms with Crippen molar-refractivity contribution in [2.45, 2.75) is 31.2 Å². The molecule has 1 amide bonds. The molecule has 5 rings (SSSR count). The van der Waals surface area contributed by atoms with Gasteiger partial charge in [0.2, 0.25) is 5.91 Å². The van der Waals surface area contributed by atoms with Crippen molar-refractivity contribution in [3.63, 3.8) is 0 Å². The Morgan fingerprint density at radius 2 is 2.03 bits per heavy atom. The van der Waals surface area contributed by atoms with Gasteiger partial charge in [-0.05, 0) is 60.7 Å². The number of likely N-dealkylation sites (tertiary alicyclic amines) is 1. The first-order valence-corrected chi connectivity index (χ1v) is 10.5. The lowest BCUT2D eigenvalue weighted by molar-refractivity contribution is -0.132. The van der Waals surface area contributed by atoms with Gasteiger partial charge in [-0.3, -0.25) is 4.79 Å². The van der Waals surface area contributed by atoms with Crippen LogP contribution in [0.15, 0.2) is 42.5 Å². The lowest BCUT2D eigenvalue weighted by Gasteiger charge is -2.45. The normalized spacial score (nSPS) is 17.9. The second-order valence-corrected chi connectivity index (χ2v) is 8.34. The van der Waals surface area contributed by atoms with Crippen LogP contribution in [0, 0.1) is 5.82 Å². The van der Waals surface area contributed by atoms with E-state index >= 15 is 0 Å². The van der Waals surface area contributed by atoms with Crippen LogP contribution in [-0.2, 0) is 23.2 Å². The van der Waals surface area contributed by atoms with Crippen LogP contribution in [0.4, 0.5) is 4.39 Å². The Bertz CT molecular complexity index is 1100. The maximum atomic E-state index is 13.4. The summed E-state index contributed by atoms with van der Waals surface area (Å²) in [4.78, 5) is 18.3. The van der Waals surface area contributed by atoms with E-state index in [9.17, 15) is 9.18 Å². The van der Waals surface area contributed by atoms with Crippen molar-refractivity contribution < 1.29 is 13.9 Å². The second-order valence-electron chi connectivity index (χ2n) is 8.34. The Morgan fingerprint density at radius 1 is 1.20 bits per heavy atom. The Morgan fingerprint density at radius 3 is 2.80 bits per heavy atom. The van der Waals surface area contributed by atoms with Crippen LogP contribution in [0.2, 0.25) is 0 Å². The zero-order valence-corrected chi connectivity index (χ0v) is 17.1. The van der Waals surface area contributed by atoms with Crippen molar-refractivity contribution in [1.29, 1.82) is 0 Å². The van der Waals surface area contributed by atoms with Crippen LogP contribution in [0.5, 0.6) is 5.75 Å². The molecule has 30 heavy (non-hydrogen) atoms. The van der Waals surface area contributed by atoms with E-state index in [4.69, 9.17) is 4.74 Å². The first kappa shape index (κ1) is 19.1. The fraction of sp³-hybridized carbons (Fsp3) is 0.375. The van der Waals surface area contributed by atoms with E-state index in [1.807, 2.05) is 11.0 Å². The van der Waals surface area contributed by atoms with Crippen molar-refractivity contribution in [3.05, 3.63) is 65.1 Å². The predicted octanol–water partition coefficient (Wildman–Crippen LogP) is 3.52. The molecular formula is C24H26FN3O2. The average Bonchev–Trinajstić information content (AvgIpc) is 3.14. The van der Waals surface area contributed by atoms with Crippen LogP contribution >= 0.6 is 0 Å². The molecule has 1 aromatic heterocycles. The number of rotatable bonds is 3. The van der Waals surface area contributed by atoms with E-state index in [0.717, 1.165) is 42.6 Å². The van der Waals surface area contributed by atoms with Crippen LogP contribution < -0.4 is 10.1 Å². The first-order valence-electron chi connectivity index (χ1n) is 10.5. The number of hydrogen-bond donors (Lipinski definition) is 2. The van der Waals surface area contributed by atoms with E-state index in [2.05, 4.69) is 22.4 Å². The molecule has 2 aliphatic heterocycles. The van der Waals surface area contributed by atoms with Gasteiger partial charge in [0.25, 0.3) is 0 Å². The summed E-state index contributed by atoms with van der Waals surface area (Å²) in [5.41, 5.74) is 4.35. The minimum absolute atomic E-state index is 0.0628. The highest BCUT2D eigenvalue weighted by molar-refractivity contribution is 5.87. The van der Waals surface area contributed by atoms with E-state index in [0.29, 0.717) is 13.1 Å². The third kappa shape index (κ3) is 3.25. The molecule has 1 fully saturated rings. The van der Waals surface area contributed by atoms with Crippen LogP contribution in [0.1, 0.15) is 29.7 Å². The van der Waals surface area contributed by atoms with Crippen LogP contribution in [-0.4, -0.2) is 42.5 Å². The number of ether oxygens (including phenoxy) is 1. The number of aromatic amines is 1. The Labute approximate surface area is 175 Å². The van der Waals surface area contributed by atoms with Crippen molar-refractivity contribution in [3.8, 4) is 5.75 Å². The summed E-state index contributed by atoms with van der Waals surface area (Å²) in [6, 6.07) is 12.5. The van der Waals surface area contributed by atoms with Gasteiger partial charge in [0.05, 0.1) is 19.1 Å². The van der Waals surface area contributed by atoms with Gasteiger partial charge in [-0.1, -0.05) is 12.1 Å². The number of fused-ring (bicyclic) bond motifs is 4. The predicted molar refractivity (Wildman–Crippen MR) is 114 cm³/mol. The fourth-order valence-electron chi connectivity index (χ4n) is 5.04. The highest BCUT2D eigenvalue weighted by atomic mass is 19.1. The molecule has 5 nitrogen and oxygen atoms in total. The summed E-state index contributed by atoms with van der Waals surface area (Å²) in [5.74, 6) is 0.634. The molecular weight excluding hydrogens is 381 g/mol. The van der Waals surface area contributed by atoms with Gasteiger partial charge in [0.1, 0.15) is 11.6 Å². The Balaban J connectivity index is 1.35. The number of piperidine rings is 1. The highest BCUT2D eigenvalue weighted by Crippen LogP contribution is 2.40. The summed E-state index contributed by atoms with van der Waals surface area (Å²) in [6.45, 7) is 2.31.